The Morgan fingerprint density at radius 1 is 1.53 bits per heavy atom. The molecule has 0 aliphatic heterocycles. The summed E-state index contributed by atoms with van der Waals surface area (Å²) in [6.45, 7) is 8.09. The molecule has 2 rings (SSSR count). The van der Waals surface area contributed by atoms with E-state index in [9.17, 15) is 0 Å². The molecule has 5 heteroatoms. The lowest BCUT2D eigenvalue weighted by atomic mass is 10.2. The molecule has 2 aromatic rings. The third-order valence-electron chi connectivity index (χ3n) is 2.89. The molecule has 92 valence electrons. The van der Waals surface area contributed by atoms with E-state index in [0.29, 0.717) is 6.04 Å². The standard InChI is InChI=1S/C12H18N4S/c1-4-16-7-11(5-15-16)9(2)13-6-12-10(3)14-8-17-12/h5,7-9,13H,4,6H2,1-3H3. The summed E-state index contributed by atoms with van der Waals surface area (Å²) >= 11 is 1.70. The van der Waals surface area contributed by atoms with E-state index >= 15 is 0 Å². The average molecular weight is 250 g/mol. The largest absolute Gasteiger partial charge is 0.305 e. The zero-order valence-electron chi connectivity index (χ0n) is 10.5. The second-order valence-electron chi connectivity index (χ2n) is 4.09. The number of hydrogen-bond donors (Lipinski definition) is 1. The highest BCUT2D eigenvalue weighted by molar-refractivity contribution is 7.09. The van der Waals surface area contributed by atoms with Gasteiger partial charge < -0.3 is 5.32 Å². The monoisotopic (exact) mass is 250 g/mol. The minimum absolute atomic E-state index is 0.316. The quantitative estimate of drug-likeness (QED) is 0.886. The van der Waals surface area contributed by atoms with Gasteiger partial charge in [-0.3, -0.25) is 4.68 Å². The van der Waals surface area contributed by atoms with E-state index in [4.69, 9.17) is 0 Å². The molecule has 0 aliphatic rings. The Kier molecular flexibility index (Phi) is 3.91. The van der Waals surface area contributed by atoms with Gasteiger partial charge in [0.1, 0.15) is 0 Å². The fourth-order valence-corrected chi connectivity index (χ4v) is 2.36. The molecule has 0 fully saturated rings. The average Bonchev–Trinajstić information content (AvgIpc) is 2.94. The third kappa shape index (κ3) is 2.92. The van der Waals surface area contributed by atoms with Crippen molar-refractivity contribution in [3.8, 4) is 0 Å². The molecule has 0 radical (unpaired) electrons. The van der Waals surface area contributed by atoms with Crippen LogP contribution in [0.15, 0.2) is 17.9 Å². The van der Waals surface area contributed by atoms with Gasteiger partial charge in [0.15, 0.2) is 0 Å². The number of nitrogens with one attached hydrogen (secondary N) is 1. The first kappa shape index (κ1) is 12.3. The van der Waals surface area contributed by atoms with Gasteiger partial charge in [0.2, 0.25) is 0 Å². The molecule has 0 saturated carbocycles. The fraction of sp³-hybridized carbons (Fsp3) is 0.500. The van der Waals surface area contributed by atoms with Crippen LogP contribution in [0, 0.1) is 6.92 Å². The number of nitrogens with zero attached hydrogens (tertiary/aromatic N) is 3. The Morgan fingerprint density at radius 2 is 2.35 bits per heavy atom. The van der Waals surface area contributed by atoms with E-state index < -0.39 is 0 Å². The van der Waals surface area contributed by atoms with Gasteiger partial charge in [-0.05, 0) is 20.8 Å². The van der Waals surface area contributed by atoms with Crippen LogP contribution in [-0.2, 0) is 13.1 Å². The van der Waals surface area contributed by atoms with Crippen molar-refractivity contribution in [1.82, 2.24) is 20.1 Å². The van der Waals surface area contributed by atoms with Crippen molar-refractivity contribution in [2.75, 3.05) is 0 Å². The number of thiazole rings is 1. The molecule has 0 aliphatic carbocycles. The number of rotatable bonds is 5. The molecule has 1 unspecified atom stereocenters. The lowest BCUT2D eigenvalue weighted by molar-refractivity contribution is 0.575. The molecule has 17 heavy (non-hydrogen) atoms. The number of aromatic nitrogens is 3. The van der Waals surface area contributed by atoms with E-state index in [1.165, 1.54) is 10.4 Å². The maximum absolute atomic E-state index is 4.29. The summed E-state index contributed by atoms with van der Waals surface area (Å²) < 4.78 is 1.95. The molecule has 4 nitrogen and oxygen atoms in total. The predicted molar refractivity (Wildman–Crippen MR) is 70.0 cm³/mol. The van der Waals surface area contributed by atoms with Crippen LogP contribution in [0.5, 0.6) is 0 Å². The van der Waals surface area contributed by atoms with Crippen LogP contribution in [0.1, 0.15) is 36.0 Å². The minimum Gasteiger partial charge on any atom is -0.305 e. The van der Waals surface area contributed by atoms with Crippen LogP contribution in [0.25, 0.3) is 0 Å². The molecule has 2 aromatic heterocycles. The Bertz CT molecular complexity index is 474. The first-order valence-electron chi connectivity index (χ1n) is 5.85. The lowest BCUT2D eigenvalue weighted by Crippen LogP contribution is -2.17. The van der Waals surface area contributed by atoms with Crippen LogP contribution in [0.4, 0.5) is 0 Å². The second kappa shape index (κ2) is 5.42. The van der Waals surface area contributed by atoms with Crippen LogP contribution >= 0.6 is 11.3 Å². The Balaban J connectivity index is 1.93. The maximum atomic E-state index is 4.29. The van der Waals surface area contributed by atoms with Crippen LogP contribution in [0.2, 0.25) is 0 Å². The Morgan fingerprint density at radius 3 is 2.94 bits per heavy atom. The van der Waals surface area contributed by atoms with Crippen molar-refractivity contribution >= 4 is 11.3 Å². The van der Waals surface area contributed by atoms with Gasteiger partial charge in [0.05, 0.1) is 17.4 Å². The summed E-state index contributed by atoms with van der Waals surface area (Å²) in [5, 5.41) is 7.78. The fourth-order valence-electron chi connectivity index (χ4n) is 1.64. The highest BCUT2D eigenvalue weighted by Crippen LogP contribution is 2.15. The summed E-state index contributed by atoms with van der Waals surface area (Å²) in [5.41, 5.74) is 4.25. The van der Waals surface area contributed by atoms with E-state index in [1.807, 2.05) is 23.3 Å². The number of hydrogen-bond acceptors (Lipinski definition) is 4. The second-order valence-corrected chi connectivity index (χ2v) is 5.03. The normalized spacial score (nSPS) is 12.9. The van der Waals surface area contributed by atoms with Crippen LogP contribution < -0.4 is 5.32 Å². The molecule has 1 atom stereocenters. The molecule has 0 amide bonds. The smallest absolute Gasteiger partial charge is 0.0798 e. The van der Waals surface area contributed by atoms with Gasteiger partial charge in [-0.2, -0.15) is 5.10 Å². The van der Waals surface area contributed by atoms with Gasteiger partial charge in [-0.15, -0.1) is 11.3 Å². The van der Waals surface area contributed by atoms with Crippen molar-refractivity contribution in [1.29, 1.82) is 0 Å². The van der Waals surface area contributed by atoms with Gasteiger partial charge in [0, 0.05) is 35.8 Å². The first-order valence-corrected chi connectivity index (χ1v) is 6.73. The van der Waals surface area contributed by atoms with Gasteiger partial charge in [-0.25, -0.2) is 4.98 Å². The summed E-state index contributed by atoms with van der Waals surface area (Å²) in [5.74, 6) is 0. The molecular formula is C12H18N4S. The van der Waals surface area contributed by atoms with Gasteiger partial charge >= 0.3 is 0 Å². The van der Waals surface area contributed by atoms with E-state index in [2.05, 4.69) is 35.4 Å². The van der Waals surface area contributed by atoms with Crippen molar-refractivity contribution in [3.63, 3.8) is 0 Å². The van der Waals surface area contributed by atoms with Crippen molar-refractivity contribution in [2.24, 2.45) is 0 Å². The minimum atomic E-state index is 0.316. The zero-order valence-corrected chi connectivity index (χ0v) is 11.3. The Hall–Kier alpha value is -1.20. The summed E-state index contributed by atoms with van der Waals surface area (Å²) in [7, 11) is 0. The van der Waals surface area contributed by atoms with E-state index in [-0.39, 0.29) is 0 Å². The van der Waals surface area contributed by atoms with E-state index in [1.54, 1.807) is 11.3 Å². The Labute approximate surface area is 106 Å². The predicted octanol–water partition coefficient (Wildman–Crippen LogP) is 2.52. The molecule has 1 N–H and O–H groups in total. The lowest BCUT2D eigenvalue weighted by Gasteiger charge is -2.11. The molecule has 0 bridgehead atoms. The molecule has 0 saturated heterocycles. The zero-order chi connectivity index (χ0) is 12.3. The maximum Gasteiger partial charge on any atom is 0.0798 e. The third-order valence-corrected chi connectivity index (χ3v) is 3.83. The van der Waals surface area contributed by atoms with E-state index in [0.717, 1.165) is 18.8 Å². The first-order chi connectivity index (χ1) is 8.20. The molecule has 2 heterocycles. The van der Waals surface area contributed by atoms with Crippen molar-refractivity contribution in [2.45, 2.75) is 39.9 Å². The topological polar surface area (TPSA) is 42.7 Å². The van der Waals surface area contributed by atoms with Gasteiger partial charge in [-0.1, -0.05) is 0 Å². The highest BCUT2D eigenvalue weighted by atomic mass is 32.1. The van der Waals surface area contributed by atoms with Crippen molar-refractivity contribution in [3.05, 3.63) is 34.0 Å². The summed E-state index contributed by atoms with van der Waals surface area (Å²) in [6, 6.07) is 0.316. The van der Waals surface area contributed by atoms with Gasteiger partial charge in [0.25, 0.3) is 0 Å². The SMILES string of the molecule is CCn1cc(C(C)NCc2scnc2C)cn1. The summed E-state index contributed by atoms with van der Waals surface area (Å²) in [4.78, 5) is 5.55. The molecule has 0 spiro atoms. The molecule has 0 aromatic carbocycles. The van der Waals surface area contributed by atoms with Crippen LogP contribution in [0.3, 0.4) is 0 Å². The highest BCUT2D eigenvalue weighted by Gasteiger charge is 2.08. The van der Waals surface area contributed by atoms with Crippen LogP contribution in [-0.4, -0.2) is 14.8 Å². The van der Waals surface area contributed by atoms with Crippen molar-refractivity contribution < 1.29 is 0 Å². The summed E-state index contributed by atoms with van der Waals surface area (Å²) in [6.07, 6.45) is 4.03. The number of aryl methyl sites for hydroxylation is 2. The molecular weight excluding hydrogens is 232 g/mol.